The summed E-state index contributed by atoms with van der Waals surface area (Å²) >= 11 is 7.85. The highest BCUT2D eigenvalue weighted by Gasteiger charge is 2.33. The lowest BCUT2D eigenvalue weighted by Crippen LogP contribution is -2.33. The standard InChI is InChI=1S/C23H18ClNO3S/c24-19-6-2-1-4-15(19)9-10-25-13-18-20(27-14-25)8-7-17-22(26)21(28-23(17)18)12-16-5-3-11-29-16/h1-8,11-12H,9-10,13-14H2/b21-12-. The van der Waals surface area contributed by atoms with E-state index < -0.39 is 0 Å². The second-order valence-corrected chi connectivity index (χ2v) is 8.43. The fourth-order valence-corrected chi connectivity index (χ4v) is 4.51. The van der Waals surface area contributed by atoms with E-state index in [0.29, 0.717) is 30.3 Å². The van der Waals surface area contributed by atoms with Crippen LogP contribution in [-0.4, -0.2) is 24.0 Å². The molecule has 4 nitrogen and oxygen atoms in total. The number of fused-ring (bicyclic) bond motifs is 3. The Morgan fingerprint density at radius 3 is 2.86 bits per heavy atom. The van der Waals surface area contributed by atoms with Crippen LogP contribution in [0, 0.1) is 0 Å². The molecule has 146 valence electrons. The van der Waals surface area contributed by atoms with Crippen molar-refractivity contribution >= 4 is 34.8 Å². The molecule has 2 aromatic carbocycles. The Hall–Kier alpha value is -2.60. The number of carbonyl (C=O) groups is 1. The molecule has 0 amide bonds. The summed E-state index contributed by atoms with van der Waals surface area (Å²) in [6, 6.07) is 15.5. The number of thiophene rings is 1. The van der Waals surface area contributed by atoms with Crippen LogP contribution in [0.2, 0.25) is 5.02 Å². The number of nitrogens with zero attached hydrogens (tertiary/aromatic N) is 1. The van der Waals surface area contributed by atoms with Gasteiger partial charge in [-0.2, -0.15) is 0 Å². The van der Waals surface area contributed by atoms with Crippen LogP contribution >= 0.6 is 22.9 Å². The Kier molecular flexibility index (Phi) is 4.87. The van der Waals surface area contributed by atoms with Crippen molar-refractivity contribution in [3.8, 4) is 11.5 Å². The number of rotatable bonds is 4. The third-order valence-electron chi connectivity index (χ3n) is 5.15. The van der Waals surface area contributed by atoms with Crippen molar-refractivity contribution in [2.45, 2.75) is 13.0 Å². The van der Waals surface area contributed by atoms with Crippen molar-refractivity contribution in [3.05, 3.63) is 86.3 Å². The van der Waals surface area contributed by atoms with Crippen molar-refractivity contribution in [3.63, 3.8) is 0 Å². The summed E-state index contributed by atoms with van der Waals surface area (Å²) in [6.07, 6.45) is 2.63. The summed E-state index contributed by atoms with van der Waals surface area (Å²) in [7, 11) is 0. The summed E-state index contributed by atoms with van der Waals surface area (Å²) in [5.41, 5.74) is 2.64. The highest BCUT2D eigenvalue weighted by Crippen LogP contribution is 2.42. The first-order valence-corrected chi connectivity index (χ1v) is 10.7. The monoisotopic (exact) mass is 423 g/mol. The van der Waals surface area contributed by atoms with Crippen LogP contribution in [-0.2, 0) is 13.0 Å². The van der Waals surface area contributed by atoms with Gasteiger partial charge in [0, 0.05) is 29.1 Å². The zero-order chi connectivity index (χ0) is 19.8. The minimum absolute atomic E-state index is 0.0793. The summed E-state index contributed by atoms with van der Waals surface area (Å²) < 4.78 is 12.0. The lowest BCUT2D eigenvalue weighted by Gasteiger charge is -2.29. The van der Waals surface area contributed by atoms with E-state index in [4.69, 9.17) is 21.1 Å². The smallest absolute Gasteiger partial charge is 0.232 e. The highest BCUT2D eigenvalue weighted by molar-refractivity contribution is 7.10. The molecule has 0 unspecified atom stereocenters. The van der Waals surface area contributed by atoms with E-state index in [9.17, 15) is 4.79 Å². The molecule has 6 heteroatoms. The van der Waals surface area contributed by atoms with Gasteiger partial charge in [0.2, 0.25) is 5.78 Å². The topological polar surface area (TPSA) is 38.8 Å². The Labute approximate surface area is 177 Å². The van der Waals surface area contributed by atoms with E-state index in [1.807, 2.05) is 47.8 Å². The van der Waals surface area contributed by atoms with Gasteiger partial charge < -0.3 is 9.47 Å². The van der Waals surface area contributed by atoms with Gasteiger partial charge in [0.1, 0.15) is 18.2 Å². The number of benzene rings is 2. The molecule has 3 heterocycles. The van der Waals surface area contributed by atoms with Crippen LogP contribution in [0.15, 0.2) is 59.7 Å². The van der Waals surface area contributed by atoms with Crippen LogP contribution in [0.25, 0.3) is 6.08 Å². The Morgan fingerprint density at radius 1 is 1.14 bits per heavy atom. The predicted octanol–water partition coefficient (Wildman–Crippen LogP) is 5.41. The number of Topliss-reactive ketones (excluding diaryl/α,β-unsaturated/α-hetero) is 1. The van der Waals surface area contributed by atoms with E-state index in [-0.39, 0.29) is 5.78 Å². The molecule has 0 radical (unpaired) electrons. The molecule has 0 atom stereocenters. The van der Waals surface area contributed by atoms with Gasteiger partial charge in [-0.25, -0.2) is 0 Å². The normalized spacial score (nSPS) is 17.0. The van der Waals surface area contributed by atoms with Crippen LogP contribution in [0.5, 0.6) is 11.5 Å². The van der Waals surface area contributed by atoms with E-state index in [1.54, 1.807) is 23.5 Å². The minimum atomic E-state index is -0.0793. The summed E-state index contributed by atoms with van der Waals surface area (Å²) in [5.74, 6) is 1.69. The summed E-state index contributed by atoms with van der Waals surface area (Å²) in [5, 5.41) is 2.76. The predicted molar refractivity (Wildman–Crippen MR) is 115 cm³/mol. The lowest BCUT2D eigenvalue weighted by atomic mass is 10.0. The first-order valence-electron chi connectivity index (χ1n) is 9.41. The molecule has 0 fully saturated rings. The van der Waals surface area contributed by atoms with Gasteiger partial charge in [-0.3, -0.25) is 9.69 Å². The van der Waals surface area contributed by atoms with Gasteiger partial charge in [0.25, 0.3) is 0 Å². The largest absolute Gasteiger partial charge is 0.478 e. The quantitative estimate of drug-likeness (QED) is 0.526. The molecule has 2 aliphatic heterocycles. The zero-order valence-electron chi connectivity index (χ0n) is 15.6. The average molecular weight is 424 g/mol. The Bertz CT molecular complexity index is 1110. The third-order valence-corrected chi connectivity index (χ3v) is 6.34. The van der Waals surface area contributed by atoms with E-state index in [0.717, 1.165) is 39.7 Å². The molecule has 2 aliphatic rings. The van der Waals surface area contributed by atoms with Crippen molar-refractivity contribution in [2.75, 3.05) is 13.3 Å². The second-order valence-electron chi connectivity index (χ2n) is 7.04. The maximum absolute atomic E-state index is 12.8. The Morgan fingerprint density at radius 2 is 2.03 bits per heavy atom. The van der Waals surface area contributed by atoms with Crippen molar-refractivity contribution in [1.29, 1.82) is 0 Å². The molecule has 3 aromatic rings. The third kappa shape index (κ3) is 3.57. The van der Waals surface area contributed by atoms with Gasteiger partial charge in [0.15, 0.2) is 5.76 Å². The molecule has 0 bridgehead atoms. The van der Waals surface area contributed by atoms with Crippen molar-refractivity contribution in [1.82, 2.24) is 4.90 Å². The fourth-order valence-electron chi connectivity index (χ4n) is 3.63. The number of ketones is 1. The number of allylic oxidation sites excluding steroid dienone is 1. The van der Waals surface area contributed by atoms with Gasteiger partial charge >= 0.3 is 0 Å². The summed E-state index contributed by atoms with van der Waals surface area (Å²) in [6.45, 7) is 1.98. The number of hydrogen-bond donors (Lipinski definition) is 0. The average Bonchev–Trinajstić information content (AvgIpc) is 3.36. The first-order chi connectivity index (χ1) is 14.2. The molecule has 5 rings (SSSR count). The van der Waals surface area contributed by atoms with Gasteiger partial charge in [-0.15, -0.1) is 11.3 Å². The summed E-state index contributed by atoms with van der Waals surface area (Å²) in [4.78, 5) is 16.0. The molecular weight excluding hydrogens is 406 g/mol. The maximum atomic E-state index is 12.8. The number of ether oxygens (including phenoxy) is 2. The highest BCUT2D eigenvalue weighted by atomic mass is 35.5. The lowest BCUT2D eigenvalue weighted by molar-refractivity contribution is 0.0950. The van der Waals surface area contributed by atoms with Gasteiger partial charge in [-0.05, 0) is 41.6 Å². The molecule has 0 N–H and O–H groups in total. The second kappa shape index (κ2) is 7.67. The van der Waals surface area contributed by atoms with Gasteiger partial charge in [0.05, 0.1) is 11.1 Å². The zero-order valence-corrected chi connectivity index (χ0v) is 17.1. The molecule has 0 saturated carbocycles. The minimum Gasteiger partial charge on any atom is -0.478 e. The fraction of sp³-hybridized carbons (Fsp3) is 0.174. The Balaban J connectivity index is 1.37. The molecular formula is C23H18ClNO3S. The van der Waals surface area contributed by atoms with Crippen LogP contribution in [0.1, 0.15) is 26.4 Å². The molecule has 0 aliphatic carbocycles. The van der Waals surface area contributed by atoms with Crippen LogP contribution < -0.4 is 9.47 Å². The maximum Gasteiger partial charge on any atom is 0.232 e. The van der Waals surface area contributed by atoms with E-state index in [2.05, 4.69) is 4.90 Å². The van der Waals surface area contributed by atoms with Crippen molar-refractivity contribution < 1.29 is 14.3 Å². The number of hydrogen-bond acceptors (Lipinski definition) is 5. The first kappa shape index (κ1) is 18.4. The SMILES string of the molecule is O=C1/C(=C/c2cccs2)Oc2c1ccc1c2CN(CCc2ccccc2Cl)CO1. The van der Waals surface area contributed by atoms with Crippen molar-refractivity contribution in [2.24, 2.45) is 0 Å². The molecule has 0 saturated heterocycles. The van der Waals surface area contributed by atoms with E-state index >= 15 is 0 Å². The van der Waals surface area contributed by atoms with Gasteiger partial charge in [-0.1, -0.05) is 35.9 Å². The van der Waals surface area contributed by atoms with Crippen LogP contribution in [0.4, 0.5) is 0 Å². The molecule has 1 aromatic heterocycles. The molecule has 29 heavy (non-hydrogen) atoms. The van der Waals surface area contributed by atoms with Crippen LogP contribution in [0.3, 0.4) is 0 Å². The number of carbonyl (C=O) groups excluding carboxylic acids is 1. The molecule has 0 spiro atoms. The number of halogens is 1. The van der Waals surface area contributed by atoms with E-state index in [1.165, 1.54) is 0 Å².